The van der Waals surface area contributed by atoms with Crippen LogP contribution in [0.15, 0.2) is 52.3 Å². The quantitative estimate of drug-likeness (QED) is 0.691. The van der Waals surface area contributed by atoms with Crippen LogP contribution in [-0.4, -0.2) is 12.6 Å². The van der Waals surface area contributed by atoms with E-state index in [0.717, 1.165) is 9.79 Å². The Kier molecular flexibility index (Phi) is 4.85. The fourth-order valence-electron chi connectivity index (χ4n) is 1.71. The zero-order valence-corrected chi connectivity index (χ0v) is 12.3. The second-order valence-electron chi connectivity index (χ2n) is 4.21. The van der Waals surface area contributed by atoms with Crippen molar-refractivity contribution < 1.29 is 9.53 Å². The number of nitrogen functional groups attached to an aromatic ring is 1. The molecule has 0 saturated heterocycles. The molecule has 0 bridgehead atoms. The average Bonchev–Trinajstić information content (AvgIpc) is 2.50. The molecule has 0 unspecified atom stereocenters. The van der Waals surface area contributed by atoms with Gasteiger partial charge in [-0.2, -0.15) is 5.26 Å². The molecule has 0 fully saturated rings. The number of carbonyl (C=O) groups excluding carboxylic acids is 1. The van der Waals surface area contributed by atoms with Crippen molar-refractivity contribution in [3.05, 3.63) is 53.6 Å². The predicted octanol–water partition coefficient (Wildman–Crippen LogP) is 3.47. The lowest BCUT2D eigenvalue weighted by Crippen LogP contribution is -2.03. The number of esters is 1. The van der Waals surface area contributed by atoms with Gasteiger partial charge in [0.1, 0.15) is 6.07 Å². The monoisotopic (exact) mass is 298 g/mol. The Morgan fingerprint density at radius 2 is 1.90 bits per heavy atom. The maximum absolute atomic E-state index is 11.6. The normalized spacial score (nSPS) is 9.90. The first-order valence-corrected chi connectivity index (χ1v) is 7.20. The molecule has 21 heavy (non-hydrogen) atoms. The third-order valence-corrected chi connectivity index (χ3v) is 3.74. The molecule has 106 valence electrons. The van der Waals surface area contributed by atoms with Gasteiger partial charge in [0.05, 0.1) is 17.7 Å². The highest BCUT2D eigenvalue weighted by atomic mass is 32.2. The van der Waals surface area contributed by atoms with Gasteiger partial charge in [-0.15, -0.1) is 0 Å². The molecule has 5 heteroatoms. The van der Waals surface area contributed by atoms with Crippen molar-refractivity contribution in [2.75, 3.05) is 12.3 Å². The molecule has 0 atom stereocenters. The minimum atomic E-state index is -0.326. The Morgan fingerprint density at radius 3 is 2.52 bits per heavy atom. The molecule has 2 N–H and O–H groups in total. The molecule has 0 amide bonds. The van der Waals surface area contributed by atoms with Gasteiger partial charge >= 0.3 is 5.97 Å². The smallest absolute Gasteiger partial charge is 0.338 e. The summed E-state index contributed by atoms with van der Waals surface area (Å²) in [5.74, 6) is -0.326. The van der Waals surface area contributed by atoms with Crippen molar-refractivity contribution in [1.29, 1.82) is 5.26 Å². The number of carbonyl (C=O) groups is 1. The maximum Gasteiger partial charge on any atom is 0.338 e. The first-order chi connectivity index (χ1) is 10.1. The summed E-state index contributed by atoms with van der Waals surface area (Å²) in [7, 11) is 0. The van der Waals surface area contributed by atoms with E-state index in [1.807, 2.05) is 18.2 Å². The largest absolute Gasteiger partial charge is 0.462 e. The van der Waals surface area contributed by atoms with Gasteiger partial charge in [-0.3, -0.25) is 0 Å². The molecule has 2 aromatic carbocycles. The Labute approximate surface area is 127 Å². The number of nitriles is 1. The second kappa shape index (κ2) is 6.82. The van der Waals surface area contributed by atoms with E-state index in [2.05, 4.69) is 6.07 Å². The van der Waals surface area contributed by atoms with E-state index in [-0.39, 0.29) is 5.97 Å². The summed E-state index contributed by atoms with van der Waals surface area (Å²) in [6.45, 7) is 2.13. The molecule has 0 aliphatic carbocycles. The zero-order valence-electron chi connectivity index (χ0n) is 11.5. The number of hydrogen-bond donors (Lipinski definition) is 1. The predicted molar refractivity (Wildman–Crippen MR) is 82.1 cm³/mol. The average molecular weight is 298 g/mol. The van der Waals surface area contributed by atoms with Crippen molar-refractivity contribution in [3.63, 3.8) is 0 Å². The number of benzene rings is 2. The lowest BCUT2D eigenvalue weighted by molar-refractivity contribution is 0.0526. The molecular weight excluding hydrogens is 284 g/mol. The topological polar surface area (TPSA) is 76.1 Å². The first kappa shape index (κ1) is 14.9. The number of nitrogens with two attached hydrogens (primary N) is 1. The SMILES string of the molecule is CCOC(=O)c1ccc(Sc2ccc(N)c(C#N)c2)cc1. The number of anilines is 1. The Hall–Kier alpha value is -2.45. The van der Waals surface area contributed by atoms with Crippen LogP contribution in [-0.2, 0) is 4.74 Å². The molecule has 0 saturated carbocycles. The van der Waals surface area contributed by atoms with E-state index < -0.39 is 0 Å². The number of ether oxygens (including phenoxy) is 1. The van der Waals surface area contributed by atoms with Crippen LogP contribution >= 0.6 is 11.8 Å². The fraction of sp³-hybridized carbons (Fsp3) is 0.125. The highest BCUT2D eigenvalue weighted by Crippen LogP contribution is 2.29. The van der Waals surface area contributed by atoms with E-state index in [4.69, 9.17) is 15.7 Å². The van der Waals surface area contributed by atoms with Gasteiger partial charge in [0, 0.05) is 15.5 Å². The van der Waals surface area contributed by atoms with E-state index in [1.165, 1.54) is 11.8 Å². The van der Waals surface area contributed by atoms with Crippen molar-refractivity contribution >= 4 is 23.4 Å². The van der Waals surface area contributed by atoms with Crippen molar-refractivity contribution in [3.8, 4) is 6.07 Å². The van der Waals surface area contributed by atoms with E-state index in [9.17, 15) is 4.79 Å². The molecule has 0 heterocycles. The minimum Gasteiger partial charge on any atom is -0.462 e. The number of rotatable bonds is 4. The summed E-state index contributed by atoms with van der Waals surface area (Å²) in [6.07, 6.45) is 0. The van der Waals surface area contributed by atoms with E-state index in [1.54, 1.807) is 31.2 Å². The lowest BCUT2D eigenvalue weighted by Gasteiger charge is -2.05. The van der Waals surface area contributed by atoms with Crippen molar-refractivity contribution in [2.24, 2.45) is 0 Å². The van der Waals surface area contributed by atoms with Gasteiger partial charge in [-0.05, 0) is 49.4 Å². The Balaban J connectivity index is 2.14. The van der Waals surface area contributed by atoms with Gasteiger partial charge in [-0.25, -0.2) is 4.79 Å². The van der Waals surface area contributed by atoms with Gasteiger partial charge in [0.2, 0.25) is 0 Å². The van der Waals surface area contributed by atoms with Crippen LogP contribution in [0.5, 0.6) is 0 Å². The summed E-state index contributed by atoms with van der Waals surface area (Å²) >= 11 is 1.50. The maximum atomic E-state index is 11.6. The molecule has 0 aromatic heterocycles. The highest BCUT2D eigenvalue weighted by Gasteiger charge is 2.07. The van der Waals surface area contributed by atoms with Crippen molar-refractivity contribution in [1.82, 2.24) is 0 Å². The van der Waals surface area contributed by atoms with E-state index in [0.29, 0.717) is 23.4 Å². The first-order valence-electron chi connectivity index (χ1n) is 6.38. The number of hydrogen-bond acceptors (Lipinski definition) is 5. The summed E-state index contributed by atoms with van der Waals surface area (Å²) in [4.78, 5) is 13.4. The van der Waals surface area contributed by atoms with Crippen LogP contribution in [0.1, 0.15) is 22.8 Å². The van der Waals surface area contributed by atoms with Crippen molar-refractivity contribution in [2.45, 2.75) is 16.7 Å². The van der Waals surface area contributed by atoms with Gasteiger partial charge in [-0.1, -0.05) is 11.8 Å². The number of nitrogens with zero attached hydrogens (tertiary/aromatic N) is 1. The van der Waals surface area contributed by atoms with E-state index >= 15 is 0 Å². The summed E-state index contributed by atoms with van der Waals surface area (Å²) in [5.41, 5.74) is 7.15. The molecule has 0 aliphatic rings. The molecular formula is C16H14N2O2S. The summed E-state index contributed by atoms with van der Waals surface area (Å²) < 4.78 is 4.93. The highest BCUT2D eigenvalue weighted by molar-refractivity contribution is 7.99. The molecule has 0 spiro atoms. The van der Waals surface area contributed by atoms with Crippen LogP contribution in [0.2, 0.25) is 0 Å². The van der Waals surface area contributed by atoms with Crippen LogP contribution < -0.4 is 5.73 Å². The Morgan fingerprint density at radius 1 is 1.24 bits per heavy atom. The van der Waals surface area contributed by atoms with Crippen LogP contribution in [0, 0.1) is 11.3 Å². The standard InChI is InChI=1S/C16H14N2O2S/c1-2-20-16(19)11-3-5-13(6-4-11)21-14-7-8-15(18)12(9-14)10-17/h3-9H,2,18H2,1H3. The lowest BCUT2D eigenvalue weighted by atomic mass is 10.2. The summed E-state index contributed by atoms with van der Waals surface area (Å²) in [5, 5.41) is 8.97. The fourth-order valence-corrected chi connectivity index (χ4v) is 2.56. The minimum absolute atomic E-state index is 0.326. The van der Waals surface area contributed by atoms with Crippen LogP contribution in [0.3, 0.4) is 0 Å². The molecule has 0 aliphatic heterocycles. The Bertz CT molecular complexity index is 690. The molecule has 2 aromatic rings. The third-order valence-electron chi connectivity index (χ3n) is 2.75. The molecule has 0 radical (unpaired) electrons. The van der Waals surface area contributed by atoms with Crippen LogP contribution in [0.4, 0.5) is 5.69 Å². The second-order valence-corrected chi connectivity index (χ2v) is 5.35. The van der Waals surface area contributed by atoms with Gasteiger partial charge in [0.15, 0.2) is 0 Å². The molecule has 2 rings (SSSR count). The van der Waals surface area contributed by atoms with Gasteiger partial charge in [0.25, 0.3) is 0 Å². The summed E-state index contributed by atoms with van der Waals surface area (Å²) in [6, 6.07) is 14.5. The van der Waals surface area contributed by atoms with Crippen LogP contribution in [0.25, 0.3) is 0 Å². The van der Waals surface area contributed by atoms with Gasteiger partial charge < -0.3 is 10.5 Å². The third kappa shape index (κ3) is 3.77. The zero-order chi connectivity index (χ0) is 15.2. The molecule has 4 nitrogen and oxygen atoms in total.